The summed E-state index contributed by atoms with van der Waals surface area (Å²) in [6.07, 6.45) is 2.96. The van der Waals surface area contributed by atoms with Gasteiger partial charge in [-0.15, -0.1) is 0 Å². The third-order valence-corrected chi connectivity index (χ3v) is 4.19. The second-order valence-corrected chi connectivity index (χ2v) is 5.88. The highest BCUT2D eigenvalue weighted by Crippen LogP contribution is 2.31. The van der Waals surface area contributed by atoms with E-state index < -0.39 is 6.10 Å². The number of oxazole rings is 1. The van der Waals surface area contributed by atoms with Crippen LogP contribution in [0.5, 0.6) is 5.75 Å². The monoisotopic (exact) mass is 340 g/mol. The molecule has 24 heavy (non-hydrogen) atoms. The van der Waals surface area contributed by atoms with Crippen molar-refractivity contribution in [3.8, 4) is 17.1 Å². The summed E-state index contributed by atoms with van der Waals surface area (Å²) in [6, 6.07) is 12.9. The number of nitrogens with one attached hydrogen (secondary N) is 1. The molecule has 1 N–H and O–H groups in total. The zero-order chi connectivity index (χ0) is 16.5. The Balaban J connectivity index is 1.48. The van der Waals surface area contributed by atoms with Crippen LogP contribution in [0, 0.1) is 0 Å². The molecular formula is C18H13ClN2O3. The fourth-order valence-electron chi connectivity index (χ4n) is 2.69. The van der Waals surface area contributed by atoms with E-state index >= 15 is 0 Å². The normalized spacial score (nSPS) is 15.6. The number of carbonyl (C=O) groups excluding carboxylic acids is 1. The van der Waals surface area contributed by atoms with Crippen molar-refractivity contribution in [2.45, 2.75) is 12.5 Å². The van der Waals surface area contributed by atoms with Crippen LogP contribution in [-0.2, 0) is 11.2 Å². The topological polar surface area (TPSA) is 64.4 Å². The van der Waals surface area contributed by atoms with Crippen molar-refractivity contribution in [1.82, 2.24) is 4.98 Å². The first kappa shape index (κ1) is 14.8. The summed E-state index contributed by atoms with van der Waals surface area (Å²) in [4.78, 5) is 16.3. The van der Waals surface area contributed by atoms with Gasteiger partial charge in [0, 0.05) is 17.7 Å². The number of fused-ring (bicyclic) bond motifs is 1. The molecule has 1 amide bonds. The SMILES string of the molecule is O=C(Nc1ccc(-c2cnco2)c(Cl)c1)C1Cc2ccccc2O1. The van der Waals surface area contributed by atoms with Gasteiger partial charge in [0.25, 0.3) is 5.91 Å². The molecular weight excluding hydrogens is 328 g/mol. The van der Waals surface area contributed by atoms with Crippen molar-refractivity contribution in [2.24, 2.45) is 0 Å². The molecule has 1 aliphatic heterocycles. The maximum absolute atomic E-state index is 12.4. The van der Waals surface area contributed by atoms with E-state index in [4.69, 9.17) is 20.8 Å². The molecule has 6 heteroatoms. The molecule has 1 atom stereocenters. The van der Waals surface area contributed by atoms with Crippen molar-refractivity contribution in [3.05, 3.63) is 65.6 Å². The molecule has 5 nitrogen and oxygen atoms in total. The van der Waals surface area contributed by atoms with Crippen LogP contribution in [0.25, 0.3) is 11.3 Å². The summed E-state index contributed by atoms with van der Waals surface area (Å²) in [6.45, 7) is 0. The highest BCUT2D eigenvalue weighted by molar-refractivity contribution is 6.33. The van der Waals surface area contributed by atoms with Crippen LogP contribution in [0.15, 0.2) is 59.5 Å². The van der Waals surface area contributed by atoms with Gasteiger partial charge in [-0.3, -0.25) is 4.79 Å². The fraction of sp³-hybridized carbons (Fsp3) is 0.111. The van der Waals surface area contributed by atoms with Crippen molar-refractivity contribution < 1.29 is 13.9 Å². The van der Waals surface area contributed by atoms with Gasteiger partial charge in [0.1, 0.15) is 5.75 Å². The summed E-state index contributed by atoms with van der Waals surface area (Å²) in [5.41, 5.74) is 2.36. The third-order valence-electron chi connectivity index (χ3n) is 3.87. The Morgan fingerprint density at radius 2 is 2.12 bits per heavy atom. The van der Waals surface area contributed by atoms with Crippen LogP contribution in [0.4, 0.5) is 5.69 Å². The van der Waals surface area contributed by atoms with E-state index in [-0.39, 0.29) is 5.91 Å². The number of hydrogen-bond acceptors (Lipinski definition) is 4. The number of anilines is 1. The minimum Gasteiger partial charge on any atom is -0.480 e. The lowest BCUT2D eigenvalue weighted by atomic mass is 10.1. The van der Waals surface area contributed by atoms with E-state index in [0.717, 1.165) is 16.9 Å². The van der Waals surface area contributed by atoms with Gasteiger partial charge >= 0.3 is 0 Å². The molecule has 0 radical (unpaired) electrons. The largest absolute Gasteiger partial charge is 0.480 e. The van der Waals surface area contributed by atoms with E-state index in [9.17, 15) is 4.79 Å². The Hall–Kier alpha value is -2.79. The molecule has 1 aliphatic rings. The number of ether oxygens (including phenoxy) is 1. The molecule has 0 bridgehead atoms. The molecule has 3 aromatic rings. The average molecular weight is 341 g/mol. The molecule has 4 rings (SSSR count). The Kier molecular flexibility index (Phi) is 3.70. The molecule has 0 saturated heterocycles. The fourth-order valence-corrected chi connectivity index (χ4v) is 2.97. The Morgan fingerprint density at radius 1 is 1.25 bits per heavy atom. The van der Waals surface area contributed by atoms with Crippen LogP contribution < -0.4 is 10.1 Å². The number of rotatable bonds is 3. The second-order valence-electron chi connectivity index (χ2n) is 5.47. The summed E-state index contributed by atoms with van der Waals surface area (Å²) in [5.74, 6) is 1.14. The molecule has 0 spiro atoms. The third kappa shape index (κ3) is 2.74. The van der Waals surface area contributed by atoms with Crippen molar-refractivity contribution in [2.75, 3.05) is 5.32 Å². The maximum Gasteiger partial charge on any atom is 0.265 e. The summed E-state index contributed by atoms with van der Waals surface area (Å²) in [5, 5.41) is 3.31. The Morgan fingerprint density at radius 3 is 2.88 bits per heavy atom. The zero-order valence-corrected chi connectivity index (χ0v) is 13.3. The van der Waals surface area contributed by atoms with Crippen molar-refractivity contribution in [1.29, 1.82) is 0 Å². The van der Waals surface area contributed by atoms with Crippen LogP contribution in [0.1, 0.15) is 5.56 Å². The van der Waals surface area contributed by atoms with E-state index in [2.05, 4.69) is 10.3 Å². The number of benzene rings is 2. The van der Waals surface area contributed by atoms with Gasteiger partial charge in [0.2, 0.25) is 0 Å². The lowest BCUT2D eigenvalue weighted by molar-refractivity contribution is -0.122. The van der Waals surface area contributed by atoms with Crippen LogP contribution in [0.2, 0.25) is 5.02 Å². The van der Waals surface area contributed by atoms with Crippen LogP contribution >= 0.6 is 11.6 Å². The molecule has 1 unspecified atom stereocenters. The minimum atomic E-state index is -0.532. The number of para-hydroxylation sites is 1. The second kappa shape index (κ2) is 6.02. The first-order valence-electron chi connectivity index (χ1n) is 7.44. The molecule has 120 valence electrons. The molecule has 0 saturated carbocycles. The van der Waals surface area contributed by atoms with Gasteiger partial charge in [-0.05, 0) is 29.8 Å². The highest BCUT2D eigenvalue weighted by atomic mass is 35.5. The minimum absolute atomic E-state index is 0.199. The van der Waals surface area contributed by atoms with Crippen LogP contribution in [0.3, 0.4) is 0 Å². The van der Waals surface area contributed by atoms with E-state index in [1.807, 2.05) is 24.3 Å². The molecule has 0 fully saturated rings. The number of hydrogen-bond donors (Lipinski definition) is 1. The Bertz CT molecular complexity index is 868. The quantitative estimate of drug-likeness (QED) is 0.784. The molecule has 2 heterocycles. The van der Waals surface area contributed by atoms with Crippen molar-refractivity contribution >= 4 is 23.2 Å². The summed E-state index contributed by atoms with van der Waals surface area (Å²) in [7, 11) is 0. The average Bonchev–Trinajstić information content (AvgIpc) is 3.24. The number of carbonyl (C=O) groups is 1. The van der Waals surface area contributed by atoms with Crippen LogP contribution in [-0.4, -0.2) is 17.0 Å². The van der Waals surface area contributed by atoms with Gasteiger partial charge in [0.15, 0.2) is 18.3 Å². The van der Waals surface area contributed by atoms with E-state index in [0.29, 0.717) is 22.9 Å². The van der Waals surface area contributed by atoms with Gasteiger partial charge in [0.05, 0.1) is 11.2 Å². The molecule has 1 aromatic heterocycles. The number of amides is 1. The van der Waals surface area contributed by atoms with E-state index in [1.165, 1.54) is 6.39 Å². The standard InChI is InChI=1S/C18H13ClN2O3/c19-14-8-12(5-6-13(14)17-9-20-10-23-17)21-18(22)16-7-11-3-1-2-4-15(11)24-16/h1-6,8-10,16H,7H2,(H,21,22). The number of halogens is 1. The number of aromatic nitrogens is 1. The smallest absolute Gasteiger partial charge is 0.265 e. The summed E-state index contributed by atoms with van der Waals surface area (Å²) < 4.78 is 10.9. The first-order valence-corrected chi connectivity index (χ1v) is 7.82. The summed E-state index contributed by atoms with van der Waals surface area (Å²) >= 11 is 6.27. The predicted molar refractivity (Wildman–Crippen MR) is 90.1 cm³/mol. The maximum atomic E-state index is 12.4. The Labute approximate surface area is 143 Å². The van der Waals surface area contributed by atoms with Gasteiger partial charge < -0.3 is 14.5 Å². The lowest BCUT2D eigenvalue weighted by Gasteiger charge is -2.12. The highest BCUT2D eigenvalue weighted by Gasteiger charge is 2.28. The van der Waals surface area contributed by atoms with E-state index in [1.54, 1.807) is 24.4 Å². The zero-order valence-electron chi connectivity index (χ0n) is 12.5. The lowest BCUT2D eigenvalue weighted by Crippen LogP contribution is -2.31. The van der Waals surface area contributed by atoms with Gasteiger partial charge in [-0.25, -0.2) is 4.98 Å². The van der Waals surface area contributed by atoms with Gasteiger partial charge in [-0.2, -0.15) is 0 Å². The van der Waals surface area contributed by atoms with Gasteiger partial charge in [-0.1, -0.05) is 29.8 Å². The first-order chi connectivity index (χ1) is 11.7. The number of nitrogens with zero attached hydrogens (tertiary/aromatic N) is 1. The molecule has 2 aromatic carbocycles. The van der Waals surface area contributed by atoms with Crippen molar-refractivity contribution in [3.63, 3.8) is 0 Å². The predicted octanol–water partition coefficient (Wildman–Crippen LogP) is 3.94. The molecule has 0 aliphatic carbocycles.